The van der Waals surface area contributed by atoms with Crippen LogP contribution in [0.5, 0.6) is 11.5 Å². The molecule has 0 saturated heterocycles. The minimum absolute atomic E-state index is 0.437. The van der Waals surface area contributed by atoms with Gasteiger partial charge in [-0.05, 0) is 42.0 Å². The van der Waals surface area contributed by atoms with Crippen LogP contribution in [0, 0.1) is 0 Å². The van der Waals surface area contributed by atoms with Crippen molar-refractivity contribution in [1.82, 2.24) is 4.98 Å². The van der Waals surface area contributed by atoms with Crippen LogP contribution in [0.2, 0.25) is 5.02 Å². The van der Waals surface area contributed by atoms with Crippen molar-refractivity contribution >= 4 is 17.4 Å². The van der Waals surface area contributed by atoms with E-state index in [0.717, 1.165) is 17.1 Å². The van der Waals surface area contributed by atoms with E-state index in [9.17, 15) is 0 Å². The second kappa shape index (κ2) is 8.94. The highest BCUT2D eigenvalue weighted by atomic mass is 35.5. The molecule has 1 aromatic heterocycles. The van der Waals surface area contributed by atoms with Crippen molar-refractivity contribution in [1.29, 1.82) is 0 Å². The number of anilines is 1. The van der Waals surface area contributed by atoms with Gasteiger partial charge in [-0.2, -0.15) is 0 Å². The van der Waals surface area contributed by atoms with Gasteiger partial charge in [0.15, 0.2) is 0 Å². The fourth-order valence-electron chi connectivity index (χ4n) is 2.24. The van der Waals surface area contributed by atoms with Crippen molar-refractivity contribution in [3.05, 3.63) is 83.5 Å². The fraction of sp³-hybridized carbons (Fsp3) is 0.150. The van der Waals surface area contributed by atoms with Crippen LogP contribution in [0.25, 0.3) is 0 Å². The minimum atomic E-state index is 0.437. The molecule has 0 saturated carbocycles. The summed E-state index contributed by atoms with van der Waals surface area (Å²) in [5, 5.41) is 3.88. The molecule has 1 N–H and O–H groups in total. The lowest BCUT2D eigenvalue weighted by Crippen LogP contribution is -2.09. The van der Waals surface area contributed by atoms with Crippen LogP contribution >= 0.6 is 11.6 Å². The number of nitrogens with one attached hydrogen (secondary N) is 1. The zero-order valence-corrected chi connectivity index (χ0v) is 14.4. The molecule has 1 heterocycles. The number of benzene rings is 2. The van der Waals surface area contributed by atoms with Gasteiger partial charge in [-0.15, -0.1) is 0 Å². The molecule has 0 amide bonds. The van der Waals surface area contributed by atoms with Gasteiger partial charge in [0.25, 0.3) is 0 Å². The van der Waals surface area contributed by atoms with Crippen molar-refractivity contribution in [3.8, 4) is 11.5 Å². The molecule has 128 valence electrons. The van der Waals surface area contributed by atoms with E-state index in [-0.39, 0.29) is 0 Å². The molecule has 3 aromatic rings. The van der Waals surface area contributed by atoms with E-state index < -0.39 is 0 Å². The van der Waals surface area contributed by atoms with Gasteiger partial charge < -0.3 is 14.8 Å². The summed E-state index contributed by atoms with van der Waals surface area (Å²) in [5.74, 6) is 2.34. The van der Waals surface area contributed by atoms with Gasteiger partial charge in [0, 0.05) is 12.7 Å². The molecule has 0 radical (unpaired) electrons. The molecule has 5 heteroatoms. The fourth-order valence-corrected chi connectivity index (χ4v) is 2.43. The lowest BCUT2D eigenvalue weighted by molar-refractivity contribution is 0.217. The van der Waals surface area contributed by atoms with Crippen LogP contribution in [0.3, 0.4) is 0 Å². The average Bonchev–Trinajstić information content (AvgIpc) is 2.67. The van der Waals surface area contributed by atoms with Gasteiger partial charge in [0.05, 0.1) is 5.02 Å². The number of nitrogens with zero attached hydrogens (tertiary/aromatic N) is 1. The molecule has 2 aromatic carbocycles. The zero-order chi connectivity index (χ0) is 17.3. The Hall–Kier alpha value is -2.72. The first-order chi connectivity index (χ1) is 12.3. The molecule has 0 bridgehead atoms. The number of halogens is 1. The maximum atomic E-state index is 6.04. The number of hydrogen-bond acceptors (Lipinski definition) is 4. The average molecular weight is 355 g/mol. The van der Waals surface area contributed by atoms with E-state index in [1.165, 1.54) is 0 Å². The van der Waals surface area contributed by atoms with Crippen LogP contribution in [0.1, 0.15) is 5.56 Å². The van der Waals surface area contributed by atoms with Crippen molar-refractivity contribution in [2.75, 3.05) is 18.5 Å². The number of rotatable bonds is 8. The van der Waals surface area contributed by atoms with Gasteiger partial charge >= 0.3 is 0 Å². The maximum absolute atomic E-state index is 6.04. The largest absolute Gasteiger partial charge is 0.490 e. The van der Waals surface area contributed by atoms with Crippen molar-refractivity contribution in [2.45, 2.75) is 6.54 Å². The molecule has 0 spiro atoms. The Morgan fingerprint density at radius 1 is 0.840 bits per heavy atom. The molecule has 0 aliphatic heterocycles. The lowest BCUT2D eigenvalue weighted by Gasteiger charge is -2.10. The number of para-hydroxylation sites is 1. The third-order valence-electron chi connectivity index (χ3n) is 3.51. The van der Waals surface area contributed by atoms with Crippen molar-refractivity contribution in [3.63, 3.8) is 0 Å². The molecule has 3 rings (SSSR count). The first kappa shape index (κ1) is 17.1. The molecular formula is C20H19ClN2O2. The number of hydrogen-bond donors (Lipinski definition) is 1. The summed E-state index contributed by atoms with van der Waals surface area (Å²) in [6.45, 7) is 1.61. The molecule has 0 atom stereocenters. The Balaban J connectivity index is 1.41. The second-order valence-electron chi connectivity index (χ2n) is 5.34. The van der Waals surface area contributed by atoms with E-state index >= 15 is 0 Å². The monoisotopic (exact) mass is 354 g/mol. The Kier molecular flexibility index (Phi) is 6.12. The lowest BCUT2D eigenvalue weighted by atomic mass is 10.2. The van der Waals surface area contributed by atoms with E-state index in [1.54, 1.807) is 12.3 Å². The highest BCUT2D eigenvalue weighted by molar-refractivity contribution is 6.32. The van der Waals surface area contributed by atoms with Gasteiger partial charge in [-0.1, -0.05) is 41.9 Å². The van der Waals surface area contributed by atoms with E-state index in [4.69, 9.17) is 21.1 Å². The maximum Gasteiger partial charge on any atom is 0.138 e. The third-order valence-corrected chi connectivity index (χ3v) is 3.82. The highest BCUT2D eigenvalue weighted by Gasteiger charge is 2.00. The molecule has 0 fully saturated rings. The smallest absolute Gasteiger partial charge is 0.138 e. The first-order valence-corrected chi connectivity index (χ1v) is 8.43. The summed E-state index contributed by atoms with van der Waals surface area (Å²) in [6.07, 6.45) is 1.77. The Labute approximate surface area is 152 Å². The van der Waals surface area contributed by atoms with Gasteiger partial charge in [0.2, 0.25) is 0 Å². The molecular weight excluding hydrogens is 336 g/mol. The summed E-state index contributed by atoms with van der Waals surface area (Å²) >= 11 is 6.04. The summed E-state index contributed by atoms with van der Waals surface area (Å²) in [6, 6.07) is 21.1. The van der Waals surface area contributed by atoms with Crippen LogP contribution < -0.4 is 14.8 Å². The quantitative estimate of drug-likeness (QED) is 0.590. The molecule has 4 nitrogen and oxygen atoms in total. The SMILES string of the molecule is Clc1ccccc1OCCOc1ccc(CNc2ccccn2)cc1. The van der Waals surface area contributed by atoms with Gasteiger partial charge in [0.1, 0.15) is 30.5 Å². The number of pyridine rings is 1. The topological polar surface area (TPSA) is 43.4 Å². The van der Waals surface area contributed by atoms with Gasteiger partial charge in [-0.25, -0.2) is 4.98 Å². The minimum Gasteiger partial charge on any atom is -0.490 e. The first-order valence-electron chi connectivity index (χ1n) is 8.05. The molecule has 0 aliphatic carbocycles. The summed E-state index contributed by atoms with van der Waals surface area (Å²) in [5.41, 5.74) is 1.16. The normalized spacial score (nSPS) is 10.3. The molecule has 0 aliphatic rings. The van der Waals surface area contributed by atoms with Crippen LogP contribution in [-0.4, -0.2) is 18.2 Å². The van der Waals surface area contributed by atoms with E-state index in [2.05, 4.69) is 10.3 Å². The predicted octanol–water partition coefficient (Wildman–Crippen LogP) is 4.80. The van der Waals surface area contributed by atoms with E-state index in [1.807, 2.05) is 60.7 Å². The highest BCUT2D eigenvalue weighted by Crippen LogP contribution is 2.23. The molecule has 25 heavy (non-hydrogen) atoms. The number of aromatic nitrogens is 1. The zero-order valence-electron chi connectivity index (χ0n) is 13.7. The second-order valence-corrected chi connectivity index (χ2v) is 5.75. The van der Waals surface area contributed by atoms with E-state index in [0.29, 0.717) is 30.5 Å². The molecule has 0 unspecified atom stereocenters. The van der Waals surface area contributed by atoms with Crippen molar-refractivity contribution in [2.24, 2.45) is 0 Å². The standard InChI is InChI=1S/C20H19ClN2O2/c21-18-5-1-2-6-19(18)25-14-13-24-17-10-8-16(9-11-17)15-23-20-7-3-4-12-22-20/h1-12H,13-15H2,(H,22,23). The summed E-state index contributed by atoms with van der Waals surface area (Å²) < 4.78 is 11.3. The van der Waals surface area contributed by atoms with Crippen LogP contribution in [0.4, 0.5) is 5.82 Å². The Morgan fingerprint density at radius 3 is 2.36 bits per heavy atom. The Morgan fingerprint density at radius 2 is 1.60 bits per heavy atom. The Bertz CT molecular complexity index is 779. The van der Waals surface area contributed by atoms with Crippen LogP contribution in [0.15, 0.2) is 72.9 Å². The predicted molar refractivity (Wildman–Crippen MR) is 100 cm³/mol. The van der Waals surface area contributed by atoms with Crippen molar-refractivity contribution < 1.29 is 9.47 Å². The van der Waals surface area contributed by atoms with Gasteiger partial charge in [-0.3, -0.25) is 0 Å². The summed E-state index contributed by atoms with van der Waals surface area (Å²) in [4.78, 5) is 4.23. The third kappa shape index (κ3) is 5.40. The number of ether oxygens (including phenoxy) is 2. The summed E-state index contributed by atoms with van der Waals surface area (Å²) in [7, 11) is 0. The van der Waals surface area contributed by atoms with Crippen LogP contribution in [-0.2, 0) is 6.54 Å².